The Kier molecular flexibility index (Phi) is 5.54. The number of rotatable bonds is 6. The standard InChI is InChI=1S/C23H33N7/c1-17-13-24-15-26-22(17)29(19-8-9-19)21-7-5-3-4-6-12-28(21)30(20-10-11-20)23-18(2)14-25-16-27-23/h13-16,19-21H,3-12H2,1-2H3. The number of aromatic nitrogens is 4. The molecular weight excluding hydrogens is 374 g/mol. The minimum Gasteiger partial charge on any atom is -0.336 e. The zero-order valence-electron chi connectivity index (χ0n) is 18.2. The minimum atomic E-state index is 0.307. The van der Waals surface area contributed by atoms with Gasteiger partial charge in [-0.05, 0) is 58.8 Å². The molecule has 2 saturated carbocycles. The number of nitrogens with zero attached hydrogens (tertiary/aromatic N) is 7. The highest BCUT2D eigenvalue weighted by Gasteiger charge is 2.43. The van der Waals surface area contributed by atoms with E-state index in [1.165, 1.54) is 56.9 Å². The largest absolute Gasteiger partial charge is 0.336 e. The Hall–Kier alpha value is -2.28. The van der Waals surface area contributed by atoms with Gasteiger partial charge in [-0.25, -0.2) is 19.9 Å². The molecular formula is C23H33N7. The lowest BCUT2D eigenvalue weighted by atomic mass is 10.1. The van der Waals surface area contributed by atoms with E-state index in [1.54, 1.807) is 12.7 Å². The van der Waals surface area contributed by atoms with Crippen LogP contribution in [0.25, 0.3) is 0 Å². The molecule has 1 saturated heterocycles. The smallest absolute Gasteiger partial charge is 0.149 e. The average molecular weight is 408 g/mol. The molecule has 0 N–H and O–H groups in total. The molecule has 1 unspecified atom stereocenters. The van der Waals surface area contributed by atoms with Crippen molar-refractivity contribution in [3.63, 3.8) is 0 Å². The molecule has 7 nitrogen and oxygen atoms in total. The zero-order valence-corrected chi connectivity index (χ0v) is 18.2. The van der Waals surface area contributed by atoms with E-state index >= 15 is 0 Å². The van der Waals surface area contributed by atoms with Crippen molar-refractivity contribution < 1.29 is 0 Å². The van der Waals surface area contributed by atoms with Crippen molar-refractivity contribution in [2.75, 3.05) is 16.5 Å². The summed E-state index contributed by atoms with van der Waals surface area (Å²) < 4.78 is 0. The van der Waals surface area contributed by atoms with Crippen LogP contribution in [-0.2, 0) is 0 Å². The Balaban J connectivity index is 1.56. The van der Waals surface area contributed by atoms with Crippen LogP contribution in [0.1, 0.15) is 68.9 Å². The summed E-state index contributed by atoms with van der Waals surface area (Å²) in [7, 11) is 0. The van der Waals surface area contributed by atoms with Crippen molar-refractivity contribution >= 4 is 11.6 Å². The third-order valence-corrected chi connectivity index (χ3v) is 6.57. The van der Waals surface area contributed by atoms with Crippen molar-refractivity contribution in [1.82, 2.24) is 24.9 Å². The summed E-state index contributed by atoms with van der Waals surface area (Å²) in [6.07, 6.45) is 18.9. The fourth-order valence-corrected chi connectivity index (χ4v) is 4.82. The lowest BCUT2D eigenvalue weighted by Crippen LogP contribution is -2.59. The molecule has 3 fully saturated rings. The molecule has 5 rings (SSSR count). The first-order chi connectivity index (χ1) is 14.7. The summed E-state index contributed by atoms with van der Waals surface area (Å²) in [4.78, 5) is 20.6. The number of hydrazine groups is 1. The van der Waals surface area contributed by atoms with Crippen LogP contribution in [0.4, 0.5) is 11.6 Å². The fraction of sp³-hybridized carbons (Fsp3) is 0.652. The van der Waals surface area contributed by atoms with Crippen LogP contribution in [0, 0.1) is 13.8 Å². The first-order valence-corrected chi connectivity index (χ1v) is 11.6. The molecule has 0 amide bonds. The SMILES string of the molecule is Cc1cncnc1N(C1CC1)C1CCCCCCN1N(c1ncncc1C)C1CC1. The van der Waals surface area contributed by atoms with Crippen molar-refractivity contribution in [2.24, 2.45) is 0 Å². The van der Waals surface area contributed by atoms with E-state index in [0.29, 0.717) is 18.2 Å². The van der Waals surface area contributed by atoms with Gasteiger partial charge in [-0.15, -0.1) is 0 Å². The molecule has 3 aliphatic rings. The van der Waals surface area contributed by atoms with Crippen molar-refractivity contribution in [3.05, 3.63) is 36.2 Å². The van der Waals surface area contributed by atoms with E-state index in [0.717, 1.165) is 30.2 Å². The van der Waals surface area contributed by atoms with Crippen LogP contribution in [-0.4, -0.2) is 49.7 Å². The minimum absolute atomic E-state index is 0.307. The van der Waals surface area contributed by atoms with Crippen molar-refractivity contribution in [3.8, 4) is 0 Å². The highest BCUT2D eigenvalue weighted by atomic mass is 15.7. The summed E-state index contributed by atoms with van der Waals surface area (Å²) in [5.41, 5.74) is 2.32. The predicted molar refractivity (Wildman–Crippen MR) is 118 cm³/mol. The molecule has 0 bridgehead atoms. The van der Waals surface area contributed by atoms with Crippen molar-refractivity contribution in [2.45, 2.75) is 89.9 Å². The summed E-state index contributed by atoms with van der Waals surface area (Å²) >= 11 is 0. The Labute approximate surface area is 179 Å². The van der Waals surface area contributed by atoms with Crippen LogP contribution >= 0.6 is 0 Å². The molecule has 0 spiro atoms. The number of aryl methyl sites for hydroxylation is 2. The second-order valence-corrected chi connectivity index (χ2v) is 9.12. The van der Waals surface area contributed by atoms with E-state index in [4.69, 9.17) is 9.97 Å². The van der Waals surface area contributed by atoms with E-state index in [1.807, 2.05) is 12.4 Å². The highest BCUT2D eigenvalue weighted by Crippen LogP contribution is 2.40. The molecule has 7 heteroatoms. The number of hydrogen-bond donors (Lipinski definition) is 0. The second kappa shape index (κ2) is 8.46. The van der Waals surface area contributed by atoms with Gasteiger partial charge in [0.2, 0.25) is 0 Å². The van der Waals surface area contributed by atoms with Gasteiger partial charge in [0, 0.05) is 42.1 Å². The number of anilines is 2. The summed E-state index contributed by atoms with van der Waals surface area (Å²) in [5, 5.41) is 5.17. The maximum Gasteiger partial charge on any atom is 0.149 e. The molecule has 2 aliphatic carbocycles. The average Bonchev–Trinajstić information content (AvgIpc) is 3.63. The first-order valence-electron chi connectivity index (χ1n) is 11.6. The van der Waals surface area contributed by atoms with E-state index < -0.39 is 0 Å². The van der Waals surface area contributed by atoms with Gasteiger partial charge in [-0.3, -0.25) is 5.01 Å². The molecule has 3 heterocycles. The molecule has 30 heavy (non-hydrogen) atoms. The van der Waals surface area contributed by atoms with Gasteiger partial charge in [0.25, 0.3) is 0 Å². The van der Waals surface area contributed by atoms with E-state index in [9.17, 15) is 0 Å². The third kappa shape index (κ3) is 4.00. The van der Waals surface area contributed by atoms with Gasteiger partial charge in [-0.1, -0.05) is 12.8 Å². The van der Waals surface area contributed by atoms with Crippen LogP contribution in [0.5, 0.6) is 0 Å². The topological polar surface area (TPSA) is 61.3 Å². The lowest BCUT2D eigenvalue weighted by Gasteiger charge is -2.47. The molecule has 1 atom stereocenters. The lowest BCUT2D eigenvalue weighted by molar-refractivity contribution is 0.139. The third-order valence-electron chi connectivity index (χ3n) is 6.57. The molecule has 2 aromatic rings. The second-order valence-electron chi connectivity index (χ2n) is 9.12. The van der Waals surface area contributed by atoms with Crippen molar-refractivity contribution in [1.29, 1.82) is 0 Å². The van der Waals surface area contributed by atoms with Crippen LogP contribution in [0.3, 0.4) is 0 Å². The quantitative estimate of drug-likeness (QED) is 0.716. The Morgan fingerprint density at radius 3 is 2.03 bits per heavy atom. The van der Waals surface area contributed by atoms with Crippen LogP contribution in [0.2, 0.25) is 0 Å². The van der Waals surface area contributed by atoms with Crippen LogP contribution < -0.4 is 9.91 Å². The van der Waals surface area contributed by atoms with Gasteiger partial charge in [-0.2, -0.15) is 5.01 Å². The monoisotopic (exact) mass is 407 g/mol. The first kappa shape index (κ1) is 19.7. The zero-order chi connectivity index (χ0) is 20.5. The molecule has 160 valence electrons. The van der Waals surface area contributed by atoms with E-state index in [2.05, 4.69) is 38.7 Å². The van der Waals surface area contributed by atoms with E-state index in [-0.39, 0.29) is 0 Å². The fourth-order valence-electron chi connectivity index (χ4n) is 4.82. The highest BCUT2D eigenvalue weighted by molar-refractivity contribution is 5.50. The van der Waals surface area contributed by atoms with Gasteiger partial charge in [0.1, 0.15) is 30.5 Å². The van der Waals surface area contributed by atoms with Crippen LogP contribution in [0.15, 0.2) is 25.0 Å². The van der Waals surface area contributed by atoms with Gasteiger partial charge >= 0.3 is 0 Å². The van der Waals surface area contributed by atoms with Gasteiger partial charge in [0.15, 0.2) is 0 Å². The normalized spacial score (nSPS) is 22.9. The van der Waals surface area contributed by atoms with Gasteiger partial charge < -0.3 is 4.90 Å². The number of hydrogen-bond acceptors (Lipinski definition) is 7. The Morgan fingerprint density at radius 1 is 0.767 bits per heavy atom. The summed E-state index contributed by atoms with van der Waals surface area (Å²) in [6.45, 7) is 5.35. The summed E-state index contributed by atoms with van der Waals surface area (Å²) in [6, 6.07) is 1.13. The summed E-state index contributed by atoms with van der Waals surface area (Å²) in [5.74, 6) is 2.19. The Bertz CT molecular complexity index is 793. The molecule has 1 aliphatic heterocycles. The maximum absolute atomic E-state index is 4.76. The maximum atomic E-state index is 4.76. The predicted octanol–water partition coefficient (Wildman–Crippen LogP) is 4.03. The van der Waals surface area contributed by atoms with Gasteiger partial charge in [0.05, 0.1) is 0 Å². The molecule has 0 radical (unpaired) electrons. The molecule has 2 aromatic heterocycles. The Morgan fingerprint density at radius 2 is 1.40 bits per heavy atom. The molecule has 0 aromatic carbocycles.